The van der Waals surface area contributed by atoms with E-state index in [2.05, 4.69) is 27.4 Å². The lowest BCUT2D eigenvalue weighted by Crippen LogP contribution is -2.28. The monoisotopic (exact) mass is 395 g/mol. The third-order valence-electron chi connectivity index (χ3n) is 5.09. The maximum absolute atomic E-state index is 11.7. The van der Waals surface area contributed by atoms with Crippen LogP contribution in [0.3, 0.4) is 0 Å². The number of hydrogen-bond donors (Lipinski definition) is 1. The van der Waals surface area contributed by atoms with Crippen molar-refractivity contribution < 1.29 is 4.74 Å². The zero-order chi connectivity index (χ0) is 20.1. The molecule has 4 rings (SSSR count). The van der Waals surface area contributed by atoms with Crippen molar-refractivity contribution in [3.8, 4) is 5.75 Å². The van der Waals surface area contributed by atoms with E-state index in [1.54, 1.807) is 6.20 Å². The molecule has 0 unspecified atom stereocenters. The lowest BCUT2D eigenvalue weighted by molar-refractivity contribution is 0.299. The number of hydrogen-bond acceptors (Lipinski definition) is 5. The molecule has 2 aromatic heterocycles. The van der Waals surface area contributed by atoms with Crippen LogP contribution in [0.5, 0.6) is 5.75 Å². The zero-order valence-corrected chi connectivity index (χ0v) is 16.3. The van der Waals surface area contributed by atoms with Gasteiger partial charge in [0.15, 0.2) is 0 Å². The minimum atomic E-state index is -0.372. The van der Waals surface area contributed by atoms with Crippen LogP contribution in [0.1, 0.15) is 36.9 Å². The third-order valence-corrected chi connectivity index (χ3v) is 5.09. The van der Waals surface area contributed by atoms with Crippen molar-refractivity contribution in [3.63, 3.8) is 0 Å². The molecule has 0 saturated heterocycles. The molecule has 0 spiro atoms. The van der Waals surface area contributed by atoms with E-state index in [0.29, 0.717) is 13.1 Å². The van der Waals surface area contributed by atoms with Gasteiger partial charge in [0.05, 0.1) is 25.0 Å². The fraction of sp³-hybridized carbons (Fsp3) is 0.429. The summed E-state index contributed by atoms with van der Waals surface area (Å²) in [5, 5.41) is 8.27. The molecule has 0 amide bonds. The van der Waals surface area contributed by atoms with Crippen molar-refractivity contribution in [2.24, 2.45) is 5.92 Å². The van der Waals surface area contributed by atoms with Gasteiger partial charge in [0.1, 0.15) is 5.75 Å². The molecule has 0 bridgehead atoms. The van der Waals surface area contributed by atoms with Crippen LogP contribution in [-0.2, 0) is 19.5 Å². The van der Waals surface area contributed by atoms with E-state index in [0.717, 1.165) is 48.8 Å². The second-order valence-corrected chi connectivity index (χ2v) is 7.55. The highest BCUT2D eigenvalue weighted by molar-refractivity contribution is 5.28. The first kappa shape index (κ1) is 19.2. The van der Waals surface area contributed by atoms with Crippen LogP contribution in [0, 0.1) is 5.92 Å². The Morgan fingerprint density at radius 1 is 1.17 bits per heavy atom. The first-order valence-electron chi connectivity index (χ1n) is 10.1. The number of nitrogens with zero attached hydrogens (tertiary/aromatic N) is 4. The van der Waals surface area contributed by atoms with Crippen LogP contribution in [0.25, 0.3) is 0 Å². The van der Waals surface area contributed by atoms with Gasteiger partial charge in [-0.1, -0.05) is 17.3 Å². The van der Waals surface area contributed by atoms with Crippen LogP contribution in [0.2, 0.25) is 0 Å². The van der Waals surface area contributed by atoms with Crippen molar-refractivity contribution in [1.82, 2.24) is 24.5 Å². The van der Waals surface area contributed by atoms with Crippen LogP contribution in [0.15, 0.2) is 52.3 Å². The normalized spacial score (nSPS) is 13.5. The lowest BCUT2D eigenvalue weighted by Gasteiger charge is -2.09. The Hall–Kier alpha value is -3.16. The Morgan fingerprint density at radius 2 is 2.07 bits per heavy atom. The summed E-state index contributed by atoms with van der Waals surface area (Å²) in [7, 11) is 0. The maximum atomic E-state index is 11.7. The molecule has 1 fully saturated rings. The number of nitrogens with one attached hydrogen (secondary N) is 1. The molecule has 1 aliphatic rings. The van der Waals surface area contributed by atoms with Gasteiger partial charge in [0.25, 0.3) is 5.56 Å². The molecule has 1 aromatic carbocycles. The SMILES string of the molecule is O=c1ccn(CCCCc2cnnn2Cc2cccc(OCC3CC3)c2)c(=O)[nH]1. The number of aromatic amines is 1. The second kappa shape index (κ2) is 8.89. The summed E-state index contributed by atoms with van der Waals surface area (Å²) in [6, 6.07) is 9.50. The minimum absolute atomic E-state index is 0.368. The van der Waals surface area contributed by atoms with E-state index in [4.69, 9.17) is 4.74 Å². The van der Waals surface area contributed by atoms with Crippen molar-refractivity contribution in [2.75, 3.05) is 6.61 Å². The Kier molecular flexibility index (Phi) is 5.88. The molecule has 0 atom stereocenters. The largest absolute Gasteiger partial charge is 0.493 e. The van der Waals surface area contributed by atoms with E-state index >= 15 is 0 Å². The Morgan fingerprint density at radius 3 is 2.90 bits per heavy atom. The van der Waals surface area contributed by atoms with Gasteiger partial charge in [-0.3, -0.25) is 9.78 Å². The first-order chi connectivity index (χ1) is 14.2. The maximum Gasteiger partial charge on any atom is 0.328 e. The summed E-state index contributed by atoms with van der Waals surface area (Å²) >= 11 is 0. The molecule has 8 heteroatoms. The highest BCUT2D eigenvalue weighted by Gasteiger charge is 2.21. The summed E-state index contributed by atoms with van der Waals surface area (Å²) in [6.07, 6.45) is 8.41. The predicted molar refractivity (Wildman–Crippen MR) is 108 cm³/mol. The lowest BCUT2D eigenvalue weighted by atomic mass is 10.2. The first-order valence-corrected chi connectivity index (χ1v) is 10.1. The highest BCUT2D eigenvalue weighted by Crippen LogP contribution is 2.29. The van der Waals surface area contributed by atoms with Gasteiger partial charge in [0, 0.05) is 18.8 Å². The van der Waals surface area contributed by atoms with Crippen LogP contribution in [-0.4, -0.2) is 31.2 Å². The van der Waals surface area contributed by atoms with Crippen LogP contribution < -0.4 is 16.0 Å². The van der Waals surface area contributed by atoms with Crippen molar-refractivity contribution in [2.45, 2.75) is 45.2 Å². The number of ether oxygens (including phenoxy) is 1. The summed E-state index contributed by atoms with van der Waals surface area (Å²) in [5.74, 6) is 1.63. The zero-order valence-electron chi connectivity index (χ0n) is 16.3. The molecule has 0 radical (unpaired) electrons. The van der Waals surface area contributed by atoms with Gasteiger partial charge in [-0.25, -0.2) is 9.48 Å². The fourth-order valence-electron chi connectivity index (χ4n) is 3.22. The average Bonchev–Trinajstić information content (AvgIpc) is 3.44. The summed E-state index contributed by atoms with van der Waals surface area (Å²) in [6.45, 7) is 2.02. The van der Waals surface area contributed by atoms with E-state index in [1.807, 2.05) is 16.8 Å². The van der Waals surface area contributed by atoms with Gasteiger partial charge < -0.3 is 9.30 Å². The second-order valence-electron chi connectivity index (χ2n) is 7.55. The molecule has 3 aromatic rings. The van der Waals surface area contributed by atoms with Gasteiger partial charge in [-0.05, 0) is 55.7 Å². The van der Waals surface area contributed by atoms with E-state index in [9.17, 15) is 9.59 Å². The summed E-state index contributed by atoms with van der Waals surface area (Å²) in [5.41, 5.74) is 1.45. The van der Waals surface area contributed by atoms with Gasteiger partial charge in [-0.2, -0.15) is 0 Å². The van der Waals surface area contributed by atoms with E-state index in [1.165, 1.54) is 29.7 Å². The van der Waals surface area contributed by atoms with Crippen molar-refractivity contribution in [1.29, 1.82) is 0 Å². The summed E-state index contributed by atoms with van der Waals surface area (Å²) in [4.78, 5) is 25.1. The number of benzene rings is 1. The van der Waals surface area contributed by atoms with Gasteiger partial charge >= 0.3 is 5.69 Å². The Labute approximate surface area is 168 Å². The molecule has 1 aliphatic carbocycles. The van der Waals surface area contributed by atoms with Gasteiger partial charge in [-0.15, -0.1) is 5.10 Å². The Balaban J connectivity index is 1.29. The quantitative estimate of drug-likeness (QED) is 0.530. The fourth-order valence-corrected chi connectivity index (χ4v) is 3.22. The van der Waals surface area contributed by atoms with Gasteiger partial charge in [0.2, 0.25) is 0 Å². The molecule has 29 heavy (non-hydrogen) atoms. The summed E-state index contributed by atoms with van der Waals surface area (Å²) < 4.78 is 9.29. The number of rotatable bonds is 10. The van der Waals surface area contributed by atoms with E-state index in [-0.39, 0.29) is 11.2 Å². The standard InChI is InChI=1S/C21H25N5O3/c27-20-9-11-25(21(28)23-20)10-2-1-5-18-13-22-24-26(18)14-17-4-3-6-19(12-17)29-15-16-7-8-16/h3-4,6,9,11-13,16H,1-2,5,7-8,10,14-15H2,(H,23,27,28). The molecule has 1 saturated carbocycles. The number of unbranched alkanes of at least 4 members (excludes halogenated alkanes) is 1. The predicted octanol–water partition coefficient (Wildman–Crippen LogP) is 1.99. The molecule has 1 N–H and O–H groups in total. The molecule has 152 valence electrons. The van der Waals surface area contributed by atoms with E-state index < -0.39 is 0 Å². The van der Waals surface area contributed by atoms with Crippen LogP contribution >= 0.6 is 0 Å². The third kappa shape index (κ3) is 5.43. The Bertz CT molecular complexity index is 1060. The molecular formula is C21H25N5O3. The smallest absolute Gasteiger partial charge is 0.328 e. The van der Waals surface area contributed by atoms with Crippen molar-refractivity contribution >= 4 is 0 Å². The molecule has 0 aliphatic heterocycles. The number of H-pyrrole nitrogens is 1. The molecule has 2 heterocycles. The topological polar surface area (TPSA) is 94.8 Å². The highest BCUT2D eigenvalue weighted by atomic mass is 16.5. The number of aryl methyl sites for hydroxylation is 2. The van der Waals surface area contributed by atoms with Crippen LogP contribution in [0.4, 0.5) is 0 Å². The average molecular weight is 395 g/mol. The molecular weight excluding hydrogens is 370 g/mol. The number of aromatic nitrogens is 5. The molecule has 8 nitrogen and oxygen atoms in total. The minimum Gasteiger partial charge on any atom is -0.493 e. The van der Waals surface area contributed by atoms with Crippen molar-refractivity contribution in [3.05, 3.63) is 74.8 Å².